The van der Waals surface area contributed by atoms with Gasteiger partial charge in [-0.3, -0.25) is 0 Å². The lowest BCUT2D eigenvalue weighted by atomic mass is 9.94. The maximum absolute atomic E-state index is 6.35. The van der Waals surface area contributed by atoms with Gasteiger partial charge in [-0.15, -0.1) is 0 Å². The summed E-state index contributed by atoms with van der Waals surface area (Å²) >= 11 is 0. The molecule has 0 amide bonds. The van der Waals surface area contributed by atoms with E-state index in [1.807, 2.05) is 36.4 Å². The molecule has 0 spiro atoms. The monoisotopic (exact) mass is 283 g/mol. The average Bonchev–Trinajstić information content (AvgIpc) is 2.97. The van der Waals surface area contributed by atoms with Crippen LogP contribution < -0.4 is 5.73 Å². The molecule has 21 heavy (non-hydrogen) atoms. The first-order valence-electron chi connectivity index (χ1n) is 7.40. The maximum Gasteiger partial charge on any atom is 0.174 e. The van der Waals surface area contributed by atoms with Crippen LogP contribution in [0.1, 0.15) is 23.6 Å². The molecule has 3 heteroatoms. The van der Waals surface area contributed by atoms with Crippen molar-refractivity contribution in [1.29, 1.82) is 0 Å². The Labute approximate surface area is 125 Å². The van der Waals surface area contributed by atoms with Crippen LogP contribution >= 0.6 is 0 Å². The van der Waals surface area contributed by atoms with E-state index in [0.717, 1.165) is 12.0 Å². The predicted octanol–water partition coefficient (Wildman–Crippen LogP) is 3.06. The number of benzene rings is 2. The van der Waals surface area contributed by atoms with Crippen molar-refractivity contribution < 1.29 is 9.47 Å². The number of rotatable bonds is 5. The van der Waals surface area contributed by atoms with Gasteiger partial charge < -0.3 is 15.2 Å². The third-order valence-electron chi connectivity index (χ3n) is 3.89. The molecule has 2 aromatic carbocycles. The molecule has 1 aliphatic heterocycles. The molecule has 2 N–H and O–H groups in total. The zero-order chi connectivity index (χ0) is 14.5. The Hall–Kier alpha value is -1.68. The van der Waals surface area contributed by atoms with Gasteiger partial charge in [0.1, 0.15) is 0 Å². The molecular weight excluding hydrogens is 262 g/mol. The van der Waals surface area contributed by atoms with E-state index in [9.17, 15) is 0 Å². The predicted molar refractivity (Wildman–Crippen MR) is 82.8 cm³/mol. The second-order valence-corrected chi connectivity index (χ2v) is 5.49. The molecule has 0 bridgehead atoms. The molecule has 110 valence electrons. The van der Waals surface area contributed by atoms with Gasteiger partial charge in [0.25, 0.3) is 0 Å². The van der Waals surface area contributed by atoms with Crippen molar-refractivity contribution in [3.05, 3.63) is 71.8 Å². The standard InChI is InChI=1S/C18H21NO2/c19-17(16-9-5-2-6-10-16)14-18(20-11-12-21-18)13-15-7-3-1-4-8-15/h1-10,17H,11-14,19H2/t17-/m0/s1. The lowest BCUT2D eigenvalue weighted by molar-refractivity contribution is -0.164. The Morgan fingerprint density at radius 2 is 1.48 bits per heavy atom. The summed E-state index contributed by atoms with van der Waals surface area (Å²) in [6, 6.07) is 20.3. The number of ether oxygens (including phenoxy) is 2. The molecule has 3 nitrogen and oxygen atoms in total. The molecule has 0 saturated carbocycles. The molecule has 0 aliphatic carbocycles. The molecule has 0 aromatic heterocycles. The molecular formula is C18H21NO2. The van der Waals surface area contributed by atoms with E-state index in [0.29, 0.717) is 19.6 Å². The van der Waals surface area contributed by atoms with E-state index >= 15 is 0 Å². The van der Waals surface area contributed by atoms with Gasteiger partial charge in [0.2, 0.25) is 0 Å². The lowest BCUT2D eigenvalue weighted by Crippen LogP contribution is -2.36. The highest BCUT2D eigenvalue weighted by Crippen LogP contribution is 2.33. The van der Waals surface area contributed by atoms with Gasteiger partial charge in [0, 0.05) is 18.9 Å². The summed E-state index contributed by atoms with van der Waals surface area (Å²) in [5.41, 5.74) is 8.68. The van der Waals surface area contributed by atoms with Crippen LogP contribution in [-0.4, -0.2) is 19.0 Å². The molecule has 0 radical (unpaired) electrons. The SMILES string of the molecule is N[C@@H](CC1(Cc2ccccc2)OCCO1)c1ccccc1. The minimum Gasteiger partial charge on any atom is -0.347 e. The summed E-state index contributed by atoms with van der Waals surface area (Å²) in [6.45, 7) is 1.27. The highest BCUT2D eigenvalue weighted by atomic mass is 16.7. The Balaban J connectivity index is 1.75. The van der Waals surface area contributed by atoms with E-state index in [2.05, 4.69) is 24.3 Å². The van der Waals surface area contributed by atoms with E-state index in [-0.39, 0.29) is 6.04 Å². The zero-order valence-corrected chi connectivity index (χ0v) is 12.1. The van der Waals surface area contributed by atoms with E-state index in [1.165, 1.54) is 5.56 Å². The highest BCUT2D eigenvalue weighted by Gasteiger charge is 2.38. The fourth-order valence-corrected chi connectivity index (χ4v) is 2.85. The van der Waals surface area contributed by atoms with Crippen LogP contribution in [0.2, 0.25) is 0 Å². The first-order chi connectivity index (χ1) is 10.3. The average molecular weight is 283 g/mol. The number of hydrogen-bond donors (Lipinski definition) is 1. The summed E-state index contributed by atoms with van der Waals surface area (Å²) in [7, 11) is 0. The Morgan fingerprint density at radius 3 is 2.10 bits per heavy atom. The van der Waals surface area contributed by atoms with Gasteiger partial charge in [0.15, 0.2) is 5.79 Å². The summed E-state index contributed by atoms with van der Waals surface area (Å²) < 4.78 is 11.9. The van der Waals surface area contributed by atoms with E-state index in [4.69, 9.17) is 15.2 Å². The van der Waals surface area contributed by atoms with Gasteiger partial charge in [-0.05, 0) is 11.1 Å². The third kappa shape index (κ3) is 3.50. The second-order valence-electron chi connectivity index (χ2n) is 5.49. The van der Waals surface area contributed by atoms with Gasteiger partial charge in [-0.25, -0.2) is 0 Å². The smallest absolute Gasteiger partial charge is 0.174 e. The third-order valence-corrected chi connectivity index (χ3v) is 3.89. The molecule has 3 rings (SSSR count). The van der Waals surface area contributed by atoms with E-state index in [1.54, 1.807) is 0 Å². The highest BCUT2D eigenvalue weighted by molar-refractivity contribution is 5.20. The fourth-order valence-electron chi connectivity index (χ4n) is 2.85. The van der Waals surface area contributed by atoms with Crippen molar-refractivity contribution in [1.82, 2.24) is 0 Å². The van der Waals surface area contributed by atoms with Crippen molar-refractivity contribution in [3.63, 3.8) is 0 Å². The van der Waals surface area contributed by atoms with Gasteiger partial charge in [-0.2, -0.15) is 0 Å². The summed E-state index contributed by atoms with van der Waals surface area (Å²) in [4.78, 5) is 0. The van der Waals surface area contributed by atoms with Crippen LogP contribution in [0.15, 0.2) is 60.7 Å². The lowest BCUT2D eigenvalue weighted by Gasteiger charge is -2.30. The van der Waals surface area contributed by atoms with Crippen LogP contribution in [0.25, 0.3) is 0 Å². The Morgan fingerprint density at radius 1 is 0.905 bits per heavy atom. The minimum atomic E-state index is -0.601. The van der Waals surface area contributed by atoms with Crippen LogP contribution in [0.5, 0.6) is 0 Å². The topological polar surface area (TPSA) is 44.5 Å². The quantitative estimate of drug-likeness (QED) is 0.917. The van der Waals surface area contributed by atoms with Gasteiger partial charge in [-0.1, -0.05) is 60.7 Å². The van der Waals surface area contributed by atoms with Crippen molar-refractivity contribution in [2.75, 3.05) is 13.2 Å². The largest absolute Gasteiger partial charge is 0.347 e. The Kier molecular flexibility index (Phi) is 4.34. The summed E-state index contributed by atoms with van der Waals surface area (Å²) in [5.74, 6) is -0.601. The van der Waals surface area contributed by atoms with Crippen LogP contribution in [0, 0.1) is 0 Å². The van der Waals surface area contributed by atoms with Crippen LogP contribution in [0.3, 0.4) is 0 Å². The number of nitrogens with two attached hydrogens (primary N) is 1. The normalized spacial score (nSPS) is 18.5. The van der Waals surface area contributed by atoms with Crippen LogP contribution in [0.4, 0.5) is 0 Å². The fraction of sp³-hybridized carbons (Fsp3) is 0.333. The molecule has 1 heterocycles. The first-order valence-corrected chi connectivity index (χ1v) is 7.40. The van der Waals surface area contributed by atoms with Crippen molar-refractivity contribution in [2.24, 2.45) is 5.73 Å². The first kappa shape index (κ1) is 14.3. The molecule has 1 atom stereocenters. The summed E-state index contributed by atoms with van der Waals surface area (Å²) in [6.07, 6.45) is 1.39. The summed E-state index contributed by atoms with van der Waals surface area (Å²) in [5, 5.41) is 0. The molecule has 1 fully saturated rings. The maximum atomic E-state index is 6.35. The molecule has 1 saturated heterocycles. The molecule has 2 aromatic rings. The van der Waals surface area contributed by atoms with Crippen LogP contribution in [-0.2, 0) is 15.9 Å². The van der Waals surface area contributed by atoms with Gasteiger partial charge >= 0.3 is 0 Å². The Bertz CT molecular complexity index is 550. The van der Waals surface area contributed by atoms with E-state index < -0.39 is 5.79 Å². The van der Waals surface area contributed by atoms with Crippen molar-refractivity contribution >= 4 is 0 Å². The molecule has 0 unspecified atom stereocenters. The molecule has 1 aliphatic rings. The zero-order valence-electron chi connectivity index (χ0n) is 12.1. The van der Waals surface area contributed by atoms with Gasteiger partial charge in [0.05, 0.1) is 13.2 Å². The van der Waals surface area contributed by atoms with Crippen molar-refractivity contribution in [2.45, 2.75) is 24.7 Å². The minimum absolute atomic E-state index is 0.0898. The number of hydrogen-bond acceptors (Lipinski definition) is 3. The van der Waals surface area contributed by atoms with Crippen molar-refractivity contribution in [3.8, 4) is 0 Å². The second kappa shape index (κ2) is 6.39.